The molecule has 0 aromatic rings. The van der Waals surface area contributed by atoms with Gasteiger partial charge in [0.05, 0.1) is 0 Å². The average Bonchev–Trinajstić information content (AvgIpc) is 2.67. The molecule has 7 aliphatic rings. The van der Waals surface area contributed by atoms with Crippen LogP contribution in [0.15, 0.2) is 11.3 Å². The molecule has 1 spiro atoms. The van der Waals surface area contributed by atoms with Crippen LogP contribution in [0.3, 0.4) is 0 Å². The lowest BCUT2D eigenvalue weighted by Crippen LogP contribution is -2.73. The molecule has 7 rings (SSSR count). The van der Waals surface area contributed by atoms with Crippen molar-refractivity contribution >= 4 is 0 Å². The van der Waals surface area contributed by atoms with Crippen molar-refractivity contribution in [3.63, 3.8) is 0 Å². The molecule has 5 unspecified atom stereocenters. The molecule has 5 fully saturated rings. The third kappa shape index (κ3) is 2.05. The summed E-state index contributed by atoms with van der Waals surface area (Å²) in [6.07, 6.45) is 19.5. The molecule has 2 heteroatoms. The average molecular weight is 381 g/mol. The first-order valence-electron chi connectivity index (χ1n) is 13.0. The summed E-state index contributed by atoms with van der Waals surface area (Å²) in [4.78, 5) is 6.32. The Hall–Kier alpha value is -0.500. The highest BCUT2D eigenvalue weighted by atomic mass is 15.3. The quantitative estimate of drug-likeness (QED) is 0.529. The van der Waals surface area contributed by atoms with E-state index in [9.17, 15) is 0 Å². The summed E-state index contributed by atoms with van der Waals surface area (Å²) >= 11 is 0. The van der Waals surface area contributed by atoms with Crippen LogP contribution in [0, 0.1) is 23.7 Å². The van der Waals surface area contributed by atoms with Crippen LogP contribution >= 0.6 is 0 Å². The van der Waals surface area contributed by atoms with Crippen molar-refractivity contribution in [3.8, 4) is 0 Å². The molecule has 6 heterocycles. The topological polar surface area (TPSA) is 6.48 Å². The lowest BCUT2D eigenvalue weighted by Gasteiger charge is -2.71. The van der Waals surface area contributed by atoms with Crippen LogP contribution in [0.4, 0.5) is 0 Å². The third-order valence-corrected chi connectivity index (χ3v) is 10.7. The summed E-state index contributed by atoms with van der Waals surface area (Å²) in [6.45, 7) is 5.22. The molecular weight excluding hydrogens is 340 g/mol. The van der Waals surface area contributed by atoms with E-state index in [1.807, 2.05) is 11.3 Å². The zero-order valence-corrected chi connectivity index (χ0v) is 18.2. The lowest BCUT2D eigenvalue weighted by molar-refractivity contribution is -0.162. The third-order valence-electron chi connectivity index (χ3n) is 10.7. The van der Waals surface area contributed by atoms with Crippen LogP contribution in [0.1, 0.15) is 97.3 Å². The van der Waals surface area contributed by atoms with Gasteiger partial charge in [0.2, 0.25) is 0 Å². The van der Waals surface area contributed by atoms with Gasteiger partial charge in [-0.25, -0.2) is 0 Å². The number of hydrogen-bond donors (Lipinski definition) is 0. The molecule has 9 atom stereocenters. The van der Waals surface area contributed by atoms with Crippen LogP contribution in [0.25, 0.3) is 0 Å². The molecule has 0 aromatic heterocycles. The molecule has 6 aliphatic heterocycles. The monoisotopic (exact) mass is 380 g/mol. The minimum atomic E-state index is 0.541. The first kappa shape index (κ1) is 17.2. The van der Waals surface area contributed by atoms with Crippen molar-refractivity contribution in [3.05, 3.63) is 11.3 Å². The highest BCUT2D eigenvalue weighted by Gasteiger charge is 2.63. The van der Waals surface area contributed by atoms with Gasteiger partial charge in [0.1, 0.15) is 0 Å². The summed E-state index contributed by atoms with van der Waals surface area (Å²) in [6, 6.07) is 3.63. The first-order valence-corrected chi connectivity index (χ1v) is 13.0. The smallest absolute Gasteiger partial charge is 0.0306 e. The summed E-state index contributed by atoms with van der Waals surface area (Å²) in [5.74, 6) is 3.61. The van der Waals surface area contributed by atoms with E-state index in [2.05, 4.69) is 23.6 Å². The second kappa shape index (κ2) is 5.80. The highest BCUT2D eigenvalue weighted by Crippen LogP contribution is 2.64. The number of piperidine rings is 5. The van der Waals surface area contributed by atoms with Gasteiger partial charge in [0.15, 0.2) is 0 Å². The van der Waals surface area contributed by atoms with E-state index in [1.165, 1.54) is 83.5 Å². The number of hydrogen-bond acceptors (Lipinski definition) is 2. The van der Waals surface area contributed by atoms with E-state index in [-0.39, 0.29) is 0 Å². The predicted octanol–water partition coefficient (Wildman–Crippen LogP) is 5.73. The van der Waals surface area contributed by atoms with Crippen molar-refractivity contribution in [2.45, 2.75) is 127 Å². The number of fused-ring (bicyclic) bond motifs is 2. The van der Waals surface area contributed by atoms with E-state index in [0.29, 0.717) is 5.54 Å². The maximum absolute atomic E-state index is 3.22. The summed E-state index contributed by atoms with van der Waals surface area (Å²) in [5.41, 5.74) is 4.51. The van der Waals surface area contributed by atoms with E-state index in [0.717, 1.165) is 47.8 Å². The van der Waals surface area contributed by atoms with Gasteiger partial charge in [-0.15, -0.1) is 0 Å². The van der Waals surface area contributed by atoms with Crippen LogP contribution < -0.4 is 0 Å². The van der Waals surface area contributed by atoms with E-state index in [4.69, 9.17) is 0 Å². The van der Waals surface area contributed by atoms with Crippen molar-refractivity contribution in [2.24, 2.45) is 23.7 Å². The fourth-order valence-corrected chi connectivity index (χ4v) is 10.4. The van der Waals surface area contributed by atoms with Gasteiger partial charge < -0.3 is 4.90 Å². The van der Waals surface area contributed by atoms with Gasteiger partial charge in [-0.3, -0.25) is 4.90 Å². The standard InChI is InChI=1S/C26H40N2/c1-16-11-21-7-4-8-22-13-18-15-26(14-16,28(21)22)23-10-9-19-5-3-6-20-12-17(2)24(18)25(23)27(19)20/h16-23H,3-15H2,1-2H3/t16?,17-,18?,19+,20+,21?,22?,23+,26?/m1/s1. The van der Waals surface area contributed by atoms with Crippen LogP contribution in [-0.2, 0) is 0 Å². The maximum atomic E-state index is 3.22. The minimum Gasteiger partial charge on any atom is -0.369 e. The van der Waals surface area contributed by atoms with E-state index < -0.39 is 0 Å². The molecule has 0 radical (unpaired) electrons. The Morgan fingerprint density at radius 2 is 1.50 bits per heavy atom. The van der Waals surface area contributed by atoms with Gasteiger partial charge in [-0.05, 0) is 100 Å². The fourth-order valence-electron chi connectivity index (χ4n) is 10.4. The van der Waals surface area contributed by atoms with E-state index in [1.54, 1.807) is 0 Å². The van der Waals surface area contributed by atoms with Crippen molar-refractivity contribution in [1.82, 2.24) is 9.80 Å². The lowest BCUT2D eigenvalue weighted by atomic mass is 9.51. The van der Waals surface area contributed by atoms with Gasteiger partial charge in [0, 0.05) is 41.3 Å². The zero-order valence-electron chi connectivity index (χ0n) is 18.2. The maximum Gasteiger partial charge on any atom is 0.0306 e. The second-order valence-electron chi connectivity index (χ2n) is 12.2. The Labute approximate surface area is 172 Å². The normalized spacial score (nSPS) is 54.9. The first-order chi connectivity index (χ1) is 13.7. The molecule has 154 valence electrons. The molecule has 0 saturated carbocycles. The minimum absolute atomic E-state index is 0.541. The Bertz CT molecular complexity index is 711. The summed E-state index contributed by atoms with van der Waals surface area (Å²) < 4.78 is 0. The van der Waals surface area contributed by atoms with Gasteiger partial charge in [-0.2, -0.15) is 0 Å². The van der Waals surface area contributed by atoms with Crippen LogP contribution in [-0.4, -0.2) is 39.5 Å². The predicted molar refractivity (Wildman–Crippen MR) is 114 cm³/mol. The van der Waals surface area contributed by atoms with E-state index >= 15 is 0 Å². The molecule has 28 heavy (non-hydrogen) atoms. The Morgan fingerprint density at radius 3 is 2.36 bits per heavy atom. The molecule has 0 amide bonds. The van der Waals surface area contributed by atoms with Crippen LogP contribution in [0.2, 0.25) is 0 Å². The molecule has 2 nitrogen and oxygen atoms in total. The Kier molecular flexibility index (Phi) is 3.57. The van der Waals surface area contributed by atoms with Crippen molar-refractivity contribution in [1.29, 1.82) is 0 Å². The van der Waals surface area contributed by atoms with Gasteiger partial charge in [-0.1, -0.05) is 20.3 Å². The number of rotatable bonds is 0. The summed E-state index contributed by atoms with van der Waals surface area (Å²) in [5, 5.41) is 0. The Balaban J connectivity index is 1.42. The summed E-state index contributed by atoms with van der Waals surface area (Å²) in [7, 11) is 0. The fraction of sp³-hybridized carbons (Fsp3) is 0.923. The molecule has 1 aliphatic carbocycles. The Morgan fingerprint density at radius 1 is 0.750 bits per heavy atom. The van der Waals surface area contributed by atoms with Crippen LogP contribution in [0.5, 0.6) is 0 Å². The molecule has 2 bridgehead atoms. The SMILES string of the molecule is CC1CC2CCCC3CC4CC(C1)([C@H]1CC[C@@H]5CCC[C@H]6C[C@@H](C)C4=C1N56)N23. The molecule has 0 N–H and O–H groups in total. The highest BCUT2D eigenvalue weighted by molar-refractivity contribution is 5.37. The van der Waals surface area contributed by atoms with Crippen molar-refractivity contribution < 1.29 is 0 Å². The molecular formula is C26H40N2. The largest absolute Gasteiger partial charge is 0.369 e. The number of allylic oxidation sites excluding steroid dienone is 1. The molecule has 5 saturated heterocycles. The molecule has 0 aromatic carbocycles. The van der Waals surface area contributed by atoms with Crippen molar-refractivity contribution in [2.75, 3.05) is 0 Å². The number of nitrogens with zero attached hydrogens (tertiary/aromatic N) is 2. The van der Waals surface area contributed by atoms with Gasteiger partial charge in [0.25, 0.3) is 0 Å². The van der Waals surface area contributed by atoms with Gasteiger partial charge >= 0.3 is 0 Å². The zero-order chi connectivity index (χ0) is 18.6. The second-order valence-corrected chi connectivity index (χ2v) is 12.2.